The summed E-state index contributed by atoms with van der Waals surface area (Å²) < 4.78 is 58.0. The van der Waals surface area contributed by atoms with Crippen LogP contribution >= 0.6 is 0 Å². The van der Waals surface area contributed by atoms with Gasteiger partial charge in [-0.05, 0) is 19.1 Å². The van der Waals surface area contributed by atoms with Crippen LogP contribution < -0.4 is 4.31 Å². The maximum Gasteiger partial charge on any atom is 0.406 e. The minimum Gasteiger partial charge on any atom is -0.755 e. The summed E-state index contributed by atoms with van der Waals surface area (Å²) in [5.74, 6) is 0. The van der Waals surface area contributed by atoms with Crippen molar-refractivity contribution in [2.75, 3.05) is 10.8 Å². The molecule has 0 spiro atoms. The van der Waals surface area contributed by atoms with Gasteiger partial charge in [0, 0.05) is 17.0 Å². The standard InChI is InChI=1S/C9H10F3NO2S/c1-7-2-4-8(5-3-7)13(16(14)15)6-9(10,11)12/h2-5H,6H2,1H3,(H,14,15)/p-1. The van der Waals surface area contributed by atoms with Gasteiger partial charge in [-0.1, -0.05) is 17.7 Å². The van der Waals surface area contributed by atoms with Crippen LogP contribution in [0, 0.1) is 6.92 Å². The highest BCUT2D eigenvalue weighted by Gasteiger charge is 2.31. The number of nitrogens with zero attached hydrogens (tertiary/aromatic N) is 1. The molecule has 0 fully saturated rings. The summed E-state index contributed by atoms with van der Waals surface area (Å²) >= 11 is -2.94. The average Bonchev–Trinajstić information content (AvgIpc) is 2.14. The fourth-order valence-corrected chi connectivity index (χ4v) is 1.65. The molecule has 0 amide bonds. The second-order valence-electron chi connectivity index (χ2n) is 3.20. The predicted octanol–water partition coefficient (Wildman–Crippen LogP) is 2.16. The van der Waals surface area contributed by atoms with Crippen LogP contribution in [0.5, 0.6) is 0 Å². The minimum atomic E-state index is -4.56. The molecule has 0 bridgehead atoms. The molecule has 0 N–H and O–H groups in total. The molecule has 0 radical (unpaired) electrons. The van der Waals surface area contributed by atoms with Gasteiger partial charge < -0.3 is 4.55 Å². The fourth-order valence-electron chi connectivity index (χ4n) is 1.10. The number of hydrogen-bond donors (Lipinski definition) is 0. The maximum atomic E-state index is 12.1. The molecule has 1 rings (SSSR count). The highest BCUT2D eigenvalue weighted by molar-refractivity contribution is 7.80. The number of alkyl halides is 3. The van der Waals surface area contributed by atoms with Gasteiger partial charge in [-0.15, -0.1) is 0 Å². The van der Waals surface area contributed by atoms with Crippen molar-refractivity contribution in [3.63, 3.8) is 0 Å². The van der Waals surface area contributed by atoms with E-state index in [2.05, 4.69) is 0 Å². The van der Waals surface area contributed by atoms with Gasteiger partial charge in [-0.3, -0.25) is 8.51 Å². The molecule has 0 aliphatic heterocycles. The Labute approximate surface area is 93.3 Å². The Morgan fingerprint density at radius 1 is 1.31 bits per heavy atom. The number of halogens is 3. The SMILES string of the molecule is Cc1ccc(N(CC(F)(F)F)S(=O)[O-])cc1. The largest absolute Gasteiger partial charge is 0.755 e. The lowest BCUT2D eigenvalue weighted by molar-refractivity contribution is -0.117. The van der Waals surface area contributed by atoms with E-state index < -0.39 is 24.0 Å². The molecule has 1 atom stereocenters. The summed E-state index contributed by atoms with van der Waals surface area (Å²) in [7, 11) is 0. The van der Waals surface area contributed by atoms with Crippen molar-refractivity contribution in [1.29, 1.82) is 0 Å². The number of rotatable bonds is 3. The van der Waals surface area contributed by atoms with E-state index in [1.165, 1.54) is 12.1 Å². The highest BCUT2D eigenvalue weighted by Crippen LogP contribution is 2.23. The van der Waals surface area contributed by atoms with Crippen molar-refractivity contribution in [2.45, 2.75) is 13.1 Å². The smallest absolute Gasteiger partial charge is 0.406 e. The van der Waals surface area contributed by atoms with E-state index in [1.807, 2.05) is 0 Å². The molecule has 0 heterocycles. The Morgan fingerprint density at radius 2 is 1.81 bits per heavy atom. The van der Waals surface area contributed by atoms with Crippen molar-refractivity contribution in [2.24, 2.45) is 0 Å². The van der Waals surface area contributed by atoms with Crippen LogP contribution in [-0.4, -0.2) is 21.5 Å². The first kappa shape index (κ1) is 13.0. The Kier molecular flexibility index (Phi) is 3.93. The maximum absolute atomic E-state index is 12.1. The van der Waals surface area contributed by atoms with Crippen LogP contribution in [0.4, 0.5) is 18.9 Å². The van der Waals surface area contributed by atoms with Crippen molar-refractivity contribution in [3.05, 3.63) is 29.8 Å². The van der Waals surface area contributed by atoms with Crippen LogP contribution in [0.25, 0.3) is 0 Å². The monoisotopic (exact) mass is 252 g/mol. The Bertz CT molecular complexity index is 377. The molecule has 1 aromatic rings. The third kappa shape index (κ3) is 3.82. The Hall–Kier alpha value is -1.08. The summed E-state index contributed by atoms with van der Waals surface area (Å²) in [6, 6.07) is 5.75. The lowest BCUT2D eigenvalue weighted by Gasteiger charge is -2.27. The summed E-state index contributed by atoms with van der Waals surface area (Å²) in [5, 5.41) is 0. The summed E-state index contributed by atoms with van der Waals surface area (Å²) in [6.07, 6.45) is -4.56. The van der Waals surface area contributed by atoms with E-state index in [-0.39, 0.29) is 9.99 Å². The van der Waals surface area contributed by atoms with E-state index in [9.17, 15) is 21.9 Å². The van der Waals surface area contributed by atoms with Crippen molar-refractivity contribution in [3.8, 4) is 0 Å². The molecule has 16 heavy (non-hydrogen) atoms. The van der Waals surface area contributed by atoms with Gasteiger partial charge >= 0.3 is 6.18 Å². The van der Waals surface area contributed by atoms with Crippen LogP contribution in [0.15, 0.2) is 24.3 Å². The predicted molar refractivity (Wildman–Crippen MR) is 53.5 cm³/mol. The molecule has 0 aromatic heterocycles. The molecule has 90 valence electrons. The Balaban J connectivity index is 2.94. The molecule has 0 aliphatic rings. The zero-order valence-electron chi connectivity index (χ0n) is 8.32. The van der Waals surface area contributed by atoms with Crippen molar-refractivity contribution >= 4 is 17.0 Å². The molecule has 0 saturated carbocycles. The summed E-state index contributed by atoms with van der Waals surface area (Å²) in [6.45, 7) is 0.234. The summed E-state index contributed by atoms with van der Waals surface area (Å²) in [4.78, 5) is 0. The van der Waals surface area contributed by atoms with E-state index >= 15 is 0 Å². The molecule has 3 nitrogen and oxygen atoms in total. The van der Waals surface area contributed by atoms with Crippen LogP contribution in [0.1, 0.15) is 5.56 Å². The van der Waals surface area contributed by atoms with Crippen LogP contribution in [0.2, 0.25) is 0 Å². The normalized spacial score (nSPS) is 13.6. The number of hydrogen-bond acceptors (Lipinski definition) is 2. The zero-order valence-corrected chi connectivity index (χ0v) is 9.14. The molecule has 7 heteroatoms. The number of benzene rings is 1. The van der Waals surface area contributed by atoms with Crippen molar-refractivity contribution < 1.29 is 21.9 Å². The molecular weight excluding hydrogens is 243 g/mol. The van der Waals surface area contributed by atoms with E-state index in [1.54, 1.807) is 19.1 Å². The quantitative estimate of drug-likeness (QED) is 0.774. The first-order chi connectivity index (χ1) is 7.29. The number of aryl methyl sites for hydroxylation is 1. The third-order valence-electron chi connectivity index (χ3n) is 1.82. The van der Waals surface area contributed by atoms with Crippen molar-refractivity contribution in [1.82, 2.24) is 0 Å². The lowest BCUT2D eigenvalue weighted by atomic mass is 10.2. The van der Waals surface area contributed by atoms with Gasteiger partial charge in [-0.25, -0.2) is 0 Å². The zero-order chi connectivity index (χ0) is 12.3. The highest BCUT2D eigenvalue weighted by atomic mass is 32.2. The molecule has 0 aliphatic carbocycles. The second-order valence-corrected chi connectivity index (χ2v) is 4.08. The average molecular weight is 252 g/mol. The second kappa shape index (κ2) is 4.84. The minimum absolute atomic E-state index is 0.00346. The summed E-state index contributed by atoms with van der Waals surface area (Å²) in [5.41, 5.74) is 0.837. The molecule has 1 aromatic carbocycles. The fraction of sp³-hybridized carbons (Fsp3) is 0.333. The van der Waals surface area contributed by atoms with Gasteiger partial charge in [0.25, 0.3) is 0 Å². The first-order valence-electron chi connectivity index (χ1n) is 4.30. The van der Waals surface area contributed by atoms with Gasteiger partial charge in [-0.2, -0.15) is 13.2 Å². The molecule has 1 unspecified atom stereocenters. The van der Waals surface area contributed by atoms with Gasteiger partial charge in [0.2, 0.25) is 0 Å². The third-order valence-corrected chi connectivity index (χ3v) is 2.52. The molecule has 0 saturated heterocycles. The molecular formula is C9H9F3NO2S-. The lowest BCUT2D eigenvalue weighted by Crippen LogP contribution is -2.35. The van der Waals surface area contributed by atoms with E-state index in [0.717, 1.165) is 5.56 Å². The van der Waals surface area contributed by atoms with Gasteiger partial charge in [0.15, 0.2) is 0 Å². The topological polar surface area (TPSA) is 43.4 Å². The number of anilines is 1. The Morgan fingerprint density at radius 3 is 2.19 bits per heavy atom. The van der Waals surface area contributed by atoms with E-state index in [4.69, 9.17) is 0 Å². The van der Waals surface area contributed by atoms with Crippen LogP contribution in [0.3, 0.4) is 0 Å². The van der Waals surface area contributed by atoms with Crippen LogP contribution in [-0.2, 0) is 11.3 Å². The van der Waals surface area contributed by atoms with Gasteiger partial charge in [0.05, 0.1) is 0 Å². The van der Waals surface area contributed by atoms with E-state index in [0.29, 0.717) is 0 Å². The first-order valence-corrected chi connectivity index (χ1v) is 5.33. The van der Waals surface area contributed by atoms with Gasteiger partial charge in [0.1, 0.15) is 6.54 Å².